The Labute approximate surface area is 170 Å². The van der Waals surface area contributed by atoms with Gasteiger partial charge in [-0.15, -0.1) is 0 Å². The van der Waals surface area contributed by atoms with Crippen LogP contribution in [-0.4, -0.2) is 22.8 Å². The zero-order valence-electron chi connectivity index (χ0n) is 17.4. The molecule has 0 saturated heterocycles. The second-order valence-corrected chi connectivity index (χ2v) is 7.22. The Morgan fingerprint density at radius 3 is 2.48 bits per heavy atom. The van der Waals surface area contributed by atoms with Crippen LogP contribution in [0, 0.1) is 0 Å². The van der Waals surface area contributed by atoms with Gasteiger partial charge in [-0.3, -0.25) is 0 Å². The molecule has 0 aliphatic rings. The number of rotatable bonds is 4. The maximum absolute atomic E-state index is 11.8. The van der Waals surface area contributed by atoms with Crippen LogP contribution in [0.5, 0.6) is 0 Å². The van der Waals surface area contributed by atoms with Gasteiger partial charge < -0.3 is 19.6 Å². The highest BCUT2D eigenvalue weighted by molar-refractivity contribution is 6.00. The van der Waals surface area contributed by atoms with E-state index >= 15 is 0 Å². The monoisotopic (exact) mass is 397 g/mol. The molecule has 2 N–H and O–H groups in total. The van der Waals surface area contributed by atoms with E-state index in [0.29, 0.717) is 17.7 Å². The highest BCUT2D eigenvalue weighted by Gasteiger charge is 2.16. The summed E-state index contributed by atoms with van der Waals surface area (Å²) in [5.41, 5.74) is 2.61. The fourth-order valence-corrected chi connectivity index (χ4v) is 2.76. The normalized spacial score (nSPS) is 10.8. The van der Waals surface area contributed by atoms with Crippen LogP contribution in [-0.2, 0) is 11.3 Å². The highest BCUT2D eigenvalue weighted by Crippen LogP contribution is 2.31. The van der Waals surface area contributed by atoms with Gasteiger partial charge in [0, 0.05) is 17.5 Å². The van der Waals surface area contributed by atoms with Crippen molar-refractivity contribution in [3.8, 4) is 11.1 Å². The molecule has 3 aromatic rings. The van der Waals surface area contributed by atoms with Crippen molar-refractivity contribution < 1.29 is 23.8 Å². The number of amides is 1. The van der Waals surface area contributed by atoms with Crippen LogP contribution in [0.15, 0.2) is 53.1 Å². The Hall–Kier alpha value is -3.28. The minimum absolute atomic E-state index is 0.191. The third-order valence-corrected chi connectivity index (χ3v) is 3.87. The third-order valence-electron chi connectivity index (χ3n) is 3.87. The number of carboxylic acids is 1. The Morgan fingerprint density at radius 2 is 1.83 bits per heavy atom. The maximum atomic E-state index is 11.8. The Bertz CT molecular complexity index is 998. The van der Waals surface area contributed by atoms with E-state index in [1.807, 2.05) is 38.1 Å². The van der Waals surface area contributed by atoms with Gasteiger partial charge in [0.25, 0.3) is 0 Å². The number of ether oxygens (including phenoxy) is 1. The molecule has 0 saturated carbocycles. The van der Waals surface area contributed by atoms with Crippen LogP contribution in [0.1, 0.15) is 50.5 Å². The molecule has 29 heavy (non-hydrogen) atoms. The van der Waals surface area contributed by atoms with E-state index in [0.717, 1.165) is 16.5 Å². The minimum atomic E-state index is -0.998. The van der Waals surface area contributed by atoms with E-state index in [-0.39, 0.29) is 5.56 Å². The minimum Gasteiger partial charge on any atom is -0.478 e. The lowest BCUT2D eigenvalue weighted by Gasteiger charge is -2.19. The number of hydrogen-bond donors (Lipinski definition) is 2. The molecule has 1 heterocycles. The van der Waals surface area contributed by atoms with Gasteiger partial charge in [-0.05, 0) is 56.2 Å². The van der Waals surface area contributed by atoms with Gasteiger partial charge in [-0.1, -0.05) is 32.0 Å². The molecule has 0 unspecified atom stereocenters. The summed E-state index contributed by atoms with van der Waals surface area (Å²) in [6, 6.07) is 12.4. The SMILES string of the molecule is CC.CC(C)(C)OC(=O)NCc1cccc(-c2cc(C(=O)O)cc3ccoc23)c1. The number of benzene rings is 2. The van der Waals surface area contributed by atoms with Gasteiger partial charge in [0.2, 0.25) is 0 Å². The molecular weight excluding hydrogens is 370 g/mol. The second kappa shape index (κ2) is 9.28. The molecule has 6 heteroatoms. The largest absolute Gasteiger partial charge is 0.478 e. The van der Waals surface area contributed by atoms with Crippen molar-refractivity contribution in [1.82, 2.24) is 5.32 Å². The van der Waals surface area contributed by atoms with Crippen molar-refractivity contribution in [2.75, 3.05) is 0 Å². The van der Waals surface area contributed by atoms with Crippen molar-refractivity contribution in [2.45, 2.75) is 46.8 Å². The fourth-order valence-electron chi connectivity index (χ4n) is 2.76. The molecule has 0 spiro atoms. The summed E-state index contributed by atoms with van der Waals surface area (Å²) in [4.78, 5) is 23.2. The number of furan rings is 1. The zero-order chi connectivity index (χ0) is 21.6. The van der Waals surface area contributed by atoms with Crippen LogP contribution in [0.3, 0.4) is 0 Å². The highest BCUT2D eigenvalue weighted by atomic mass is 16.6. The molecule has 1 amide bonds. The Balaban J connectivity index is 0.00000145. The predicted octanol–water partition coefficient (Wildman–Crippen LogP) is 5.85. The molecule has 0 radical (unpaired) electrons. The average molecular weight is 397 g/mol. The number of alkyl carbamates (subject to hydrolysis) is 1. The van der Waals surface area contributed by atoms with Crippen molar-refractivity contribution in [3.63, 3.8) is 0 Å². The number of carboxylic acid groups (broad SMARTS) is 1. The Morgan fingerprint density at radius 1 is 1.10 bits per heavy atom. The van der Waals surface area contributed by atoms with E-state index in [2.05, 4.69) is 5.32 Å². The molecular formula is C23H27NO5. The smallest absolute Gasteiger partial charge is 0.407 e. The van der Waals surface area contributed by atoms with E-state index in [1.54, 1.807) is 39.0 Å². The van der Waals surface area contributed by atoms with Gasteiger partial charge in [0.05, 0.1) is 11.8 Å². The molecule has 0 atom stereocenters. The number of carbonyl (C=O) groups excluding carboxylic acids is 1. The summed E-state index contributed by atoms with van der Waals surface area (Å²) >= 11 is 0. The van der Waals surface area contributed by atoms with Crippen LogP contribution in [0.25, 0.3) is 22.1 Å². The van der Waals surface area contributed by atoms with Crippen LogP contribution in [0.4, 0.5) is 4.79 Å². The number of aromatic carboxylic acids is 1. The summed E-state index contributed by atoms with van der Waals surface area (Å²) in [6.07, 6.45) is 1.04. The van der Waals surface area contributed by atoms with Crippen molar-refractivity contribution in [2.24, 2.45) is 0 Å². The van der Waals surface area contributed by atoms with Crippen LogP contribution >= 0.6 is 0 Å². The average Bonchev–Trinajstić information content (AvgIpc) is 3.15. The fraction of sp³-hybridized carbons (Fsp3) is 0.304. The molecule has 0 aliphatic heterocycles. The molecule has 0 aliphatic carbocycles. The van der Waals surface area contributed by atoms with E-state index in [1.165, 1.54) is 6.26 Å². The summed E-state index contributed by atoms with van der Waals surface area (Å²) in [6.45, 7) is 9.70. The van der Waals surface area contributed by atoms with Crippen LogP contribution < -0.4 is 5.32 Å². The lowest BCUT2D eigenvalue weighted by molar-refractivity contribution is 0.0523. The molecule has 3 rings (SSSR count). The zero-order valence-corrected chi connectivity index (χ0v) is 17.4. The summed E-state index contributed by atoms with van der Waals surface area (Å²) in [5, 5.41) is 12.8. The van der Waals surface area contributed by atoms with Crippen molar-refractivity contribution in [3.05, 3.63) is 59.9 Å². The van der Waals surface area contributed by atoms with Crippen molar-refractivity contribution in [1.29, 1.82) is 0 Å². The first kappa shape index (κ1) is 22.0. The second-order valence-electron chi connectivity index (χ2n) is 7.22. The lowest BCUT2D eigenvalue weighted by Crippen LogP contribution is -2.32. The predicted molar refractivity (Wildman–Crippen MR) is 113 cm³/mol. The number of fused-ring (bicyclic) bond motifs is 1. The van der Waals surface area contributed by atoms with Gasteiger partial charge in [0.1, 0.15) is 11.2 Å². The number of hydrogen-bond acceptors (Lipinski definition) is 4. The summed E-state index contributed by atoms with van der Waals surface area (Å²) < 4.78 is 10.8. The Kier molecular flexibility index (Phi) is 7.04. The lowest BCUT2D eigenvalue weighted by atomic mass is 9.99. The first-order chi connectivity index (χ1) is 13.7. The third kappa shape index (κ3) is 5.85. The van der Waals surface area contributed by atoms with Crippen LogP contribution in [0.2, 0.25) is 0 Å². The standard InChI is InChI=1S/C21H21NO5.C2H6/c1-21(2,3)27-20(25)22-12-13-5-4-6-14(9-13)17-11-16(19(23)24)10-15-7-8-26-18(15)17;1-2/h4-11H,12H2,1-3H3,(H,22,25)(H,23,24);1-2H3. The van der Waals surface area contributed by atoms with E-state index in [9.17, 15) is 14.7 Å². The van der Waals surface area contributed by atoms with E-state index < -0.39 is 17.7 Å². The van der Waals surface area contributed by atoms with Crippen molar-refractivity contribution >= 4 is 23.0 Å². The van der Waals surface area contributed by atoms with Gasteiger partial charge in [0.15, 0.2) is 0 Å². The molecule has 0 bridgehead atoms. The van der Waals surface area contributed by atoms with Gasteiger partial charge in [-0.25, -0.2) is 9.59 Å². The summed E-state index contributed by atoms with van der Waals surface area (Å²) in [7, 11) is 0. The molecule has 154 valence electrons. The van der Waals surface area contributed by atoms with E-state index in [4.69, 9.17) is 9.15 Å². The van der Waals surface area contributed by atoms with Gasteiger partial charge in [-0.2, -0.15) is 0 Å². The maximum Gasteiger partial charge on any atom is 0.407 e. The molecule has 0 fully saturated rings. The van der Waals surface area contributed by atoms with Gasteiger partial charge >= 0.3 is 12.1 Å². The first-order valence-corrected chi connectivity index (χ1v) is 9.54. The quantitative estimate of drug-likeness (QED) is 0.576. The number of carbonyl (C=O) groups is 2. The first-order valence-electron chi connectivity index (χ1n) is 9.54. The number of nitrogens with one attached hydrogen (secondary N) is 1. The molecule has 6 nitrogen and oxygen atoms in total. The molecule has 1 aromatic heterocycles. The molecule has 2 aromatic carbocycles. The topological polar surface area (TPSA) is 88.8 Å². The summed E-state index contributed by atoms with van der Waals surface area (Å²) in [5.74, 6) is -0.998.